The maximum Gasteiger partial charge on any atom is 0.175 e. The Bertz CT molecular complexity index is 540. The Balaban J connectivity index is 3.06. The third-order valence-corrected chi connectivity index (χ3v) is 4.60. The van der Waals surface area contributed by atoms with E-state index in [4.69, 9.17) is 5.26 Å². The minimum absolute atomic E-state index is 0.179. The van der Waals surface area contributed by atoms with Crippen LogP contribution in [-0.2, 0) is 20.6 Å². The van der Waals surface area contributed by atoms with E-state index in [0.29, 0.717) is 4.90 Å². The van der Waals surface area contributed by atoms with Crippen LogP contribution in [0.2, 0.25) is 0 Å². The first-order valence-corrected chi connectivity index (χ1v) is 7.57. The van der Waals surface area contributed by atoms with Gasteiger partial charge in [-0.05, 0) is 31.2 Å². The van der Waals surface area contributed by atoms with Crippen LogP contribution in [0.4, 0.5) is 0 Å². The summed E-state index contributed by atoms with van der Waals surface area (Å²) in [6.07, 6.45) is 1.11. The van der Waals surface area contributed by atoms with Gasteiger partial charge in [0.25, 0.3) is 0 Å². The molecule has 0 heterocycles. The molecule has 0 bridgehead atoms. The van der Waals surface area contributed by atoms with E-state index in [2.05, 4.69) is 0 Å². The summed E-state index contributed by atoms with van der Waals surface area (Å²) in [5.41, 5.74) is 0. The lowest BCUT2D eigenvalue weighted by atomic mass is 10.4. The zero-order chi connectivity index (χ0) is 12.3. The fourth-order valence-electron chi connectivity index (χ4n) is 1.07. The highest BCUT2D eigenvalue weighted by atomic mass is 32.2. The summed E-state index contributed by atoms with van der Waals surface area (Å²) in [6, 6.07) is 7.63. The fraction of sp³-hybridized carbons (Fsp3) is 0.300. The summed E-state index contributed by atoms with van der Waals surface area (Å²) >= 11 is 0. The molecule has 86 valence electrons. The fourth-order valence-corrected chi connectivity index (χ4v) is 2.61. The predicted molar refractivity (Wildman–Crippen MR) is 61.0 cm³/mol. The molecule has 16 heavy (non-hydrogen) atoms. The van der Waals surface area contributed by atoms with E-state index in [9.17, 15) is 12.6 Å². The monoisotopic (exact) mass is 257 g/mol. The molecule has 4 nitrogen and oxygen atoms in total. The number of sulfone groups is 1. The van der Waals surface area contributed by atoms with E-state index in [0.717, 1.165) is 6.26 Å². The van der Waals surface area contributed by atoms with Crippen molar-refractivity contribution < 1.29 is 12.6 Å². The molecule has 1 aromatic rings. The van der Waals surface area contributed by atoms with Gasteiger partial charge < -0.3 is 0 Å². The molecule has 0 saturated carbocycles. The molecule has 0 amide bonds. The Labute approximate surface area is 97.3 Å². The van der Waals surface area contributed by atoms with Crippen LogP contribution in [-0.4, -0.2) is 24.1 Å². The van der Waals surface area contributed by atoms with E-state index in [1.165, 1.54) is 24.3 Å². The SMILES string of the molecule is CC(C#N)S(=O)c1ccc(S(C)(=O)=O)cc1. The number of nitriles is 1. The van der Waals surface area contributed by atoms with Crippen molar-refractivity contribution in [2.75, 3.05) is 6.26 Å². The smallest absolute Gasteiger partial charge is 0.175 e. The van der Waals surface area contributed by atoms with Gasteiger partial charge in [0.15, 0.2) is 9.84 Å². The molecule has 6 heteroatoms. The lowest BCUT2D eigenvalue weighted by Gasteiger charge is -2.04. The van der Waals surface area contributed by atoms with Crippen molar-refractivity contribution >= 4 is 20.6 Å². The summed E-state index contributed by atoms with van der Waals surface area (Å²) in [5.74, 6) is 0. The van der Waals surface area contributed by atoms with Crippen molar-refractivity contribution in [2.45, 2.75) is 22.0 Å². The number of benzene rings is 1. The van der Waals surface area contributed by atoms with Crippen molar-refractivity contribution in [1.82, 2.24) is 0 Å². The molecule has 0 radical (unpaired) electrons. The van der Waals surface area contributed by atoms with E-state index in [1.807, 2.05) is 6.07 Å². The Morgan fingerprint density at radius 1 is 1.31 bits per heavy atom. The van der Waals surface area contributed by atoms with Gasteiger partial charge in [0.1, 0.15) is 5.25 Å². The number of rotatable bonds is 3. The van der Waals surface area contributed by atoms with Gasteiger partial charge in [-0.15, -0.1) is 0 Å². The van der Waals surface area contributed by atoms with E-state index in [1.54, 1.807) is 6.92 Å². The van der Waals surface area contributed by atoms with Crippen LogP contribution in [0.3, 0.4) is 0 Å². The second kappa shape index (κ2) is 4.76. The molecule has 1 aromatic carbocycles. The molecular weight excluding hydrogens is 246 g/mol. The Kier molecular flexibility index (Phi) is 3.83. The van der Waals surface area contributed by atoms with Crippen molar-refractivity contribution in [1.29, 1.82) is 5.26 Å². The molecule has 0 saturated heterocycles. The molecule has 0 aliphatic carbocycles. The van der Waals surface area contributed by atoms with E-state index >= 15 is 0 Å². The third kappa shape index (κ3) is 2.90. The average molecular weight is 257 g/mol. The summed E-state index contributed by atoms with van der Waals surface area (Å²) in [6.45, 7) is 1.56. The maximum atomic E-state index is 11.7. The lowest BCUT2D eigenvalue weighted by molar-refractivity contribution is 0.601. The molecule has 0 spiro atoms. The molecule has 0 N–H and O–H groups in total. The van der Waals surface area contributed by atoms with Crippen LogP contribution in [0.5, 0.6) is 0 Å². The van der Waals surface area contributed by atoms with Gasteiger partial charge in [-0.2, -0.15) is 5.26 Å². The zero-order valence-corrected chi connectivity index (χ0v) is 10.5. The third-order valence-electron chi connectivity index (χ3n) is 1.99. The van der Waals surface area contributed by atoms with Gasteiger partial charge in [0, 0.05) is 11.2 Å². The highest BCUT2D eigenvalue weighted by Gasteiger charge is 2.13. The molecule has 2 unspecified atom stereocenters. The molecule has 0 fully saturated rings. The average Bonchev–Trinajstić information content (AvgIpc) is 2.26. The first-order valence-electron chi connectivity index (χ1n) is 4.46. The summed E-state index contributed by atoms with van der Waals surface area (Å²) in [4.78, 5) is 0.638. The molecule has 0 aliphatic rings. The molecule has 0 aromatic heterocycles. The van der Waals surface area contributed by atoms with Crippen molar-refractivity contribution in [2.24, 2.45) is 0 Å². The Hall–Kier alpha value is -1.19. The number of nitrogens with zero attached hydrogens (tertiary/aromatic N) is 1. The molecule has 1 rings (SSSR count). The highest BCUT2D eigenvalue weighted by molar-refractivity contribution is 7.90. The van der Waals surface area contributed by atoms with Gasteiger partial charge in [-0.25, -0.2) is 8.42 Å². The number of hydrogen-bond acceptors (Lipinski definition) is 4. The quantitative estimate of drug-likeness (QED) is 0.813. The van der Waals surface area contributed by atoms with Gasteiger partial charge >= 0.3 is 0 Å². The van der Waals surface area contributed by atoms with Crippen molar-refractivity contribution in [3.63, 3.8) is 0 Å². The standard InChI is InChI=1S/C10H11NO3S2/c1-8(7-11)15(12)9-3-5-10(6-4-9)16(2,13)14/h3-6,8H,1-2H3. The van der Waals surface area contributed by atoms with Gasteiger partial charge in [-0.1, -0.05) is 0 Å². The topological polar surface area (TPSA) is 75.0 Å². The second-order valence-electron chi connectivity index (χ2n) is 3.31. The molecule has 2 atom stereocenters. The van der Waals surface area contributed by atoms with Crippen LogP contribution >= 0.6 is 0 Å². The highest BCUT2D eigenvalue weighted by Crippen LogP contribution is 2.15. The zero-order valence-electron chi connectivity index (χ0n) is 8.88. The summed E-state index contributed by atoms with van der Waals surface area (Å²) in [7, 11) is -4.65. The van der Waals surface area contributed by atoms with Crippen molar-refractivity contribution in [3.8, 4) is 6.07 Å². The Morgan fingerprint density at radius 3 is 2.19 bits per heavy atom. The number of hydrogen-bond donors (Lipinski definition) is 0. The lowest BCUT2D eigenvalue weighted by Crippen LogP contribution is -2.08. The van der Waals surface area contributed by atoms with Gasteiger partial charge in [0.2, 0.25) is 0 Å². The minimum atomic E-state index is -3.24. The van der Waals surface area contributed by atoms with E-state index < -0.39 is 25.9 Å². The molecular formula is C10H11NO3S2. The second-order valence-corrected chi connectivity index (χ2v) is 7.10. The summed E-state index contributed by atoms with van der Waals surface area (Å²) < 4.78 is 34.0. The van der Waals surface area contributed by atoms with Crippen LogP contribution < -0.4 is 0 Å². The van der Waals surface area contributed by atoms with Gasteiger partial charge in [0.05, 0.1) is 21.8 Å². The van der Waals surface area contributed by atoms with E-state index in [-0.39, 0.29) is 4.90 Å². The van der Waals surface area contributed by atoms with Crippen LogP contribution in [0, 0.1) is 11.3 Å². The predicted octanol–water partition coefficient (Wildman–Crippen LogP) is 1.11. The van der Waals surface area contributed by atoms with Crippen molar-refractivity contribution in [3.05, 3.63) is 24.3 Å². The normalized spacial score (nSPS) is 15.1. The Morgan fingerprint density at radius 2 is 1.81 bits per heavy atom. The van der Waals surface area contributed by atoms with Crippen LogP contribution in [0.15, 0.2) is 34.1 Å². The van der Waals surface area contributed by atoms with Gasteiger partial charge in [-0.3, -0.25) is 4.21 Å². The summed E-state index contributed by atoms with van der Waals surface area (Å²) in [5, 5.41) is 8.00. The van der Waals surface area contributed by atoms with Crippen LogP contribution in [0.25, 0.3) is 0 Å². The minimum Gasteiger partial charge on any atom is -0.253 e. The first kappa shape index (κ1) is 12.9. The molecule has 0 aliphatic heterocycles. The largest absolute Gasteiger partial charge is 0.253 e. The maximum absolute atomic E-state index is 11.7. The first-order chi connectivity index (χ1) is 7.36. The van der Waals surface area contributed by atoms with Crippen LogP contribution in [0.1, 0.15) is 6.92 Å².